The van der Waals surface area contributed by atoms with E-state index in [0.717, 1.165) is 13.0 Å². The van der Waals surface area contributed by atoms with Crippen molar-refractivity contribution in [3.8, 4) is 5.75 Å². The number of amides is 1. The van der Waals surface area contributed by atoms with E-state index in [1.54, 1.807) is 13.8 Å². The van der Waals surface area contributed by atoms with E-state index in [2.05, 4.69) is 29.4 Å². The minimum absolute atomic E-state index is 0.222. The summed E-state index contributed by atoms with van der Waals surface area (Å²) in [4.78, 5) is 26.8. The van der Waals surface area contributed by atoms with E-state index in [-0.39, 0.29) is 11.3 Å². The van der Waals surface area contributed by atoms with Crippen molar-refractivity contribution < 1.29 is 14.3 Å². The maximum Gasteiger partial charge on any atom is 0.333 e. The van der Waals surface area contributed by atoms with E-state index in [0.29, 0.717) is 17.7 Å². The van der Waals surface area contributed by atoms with Crippen molar-refractivity contribution in [3.63, 3.8) is 0 Å². The van der Waals surface area contributed by atoms with Gasteiger partial charge in [-0.25, -0.2) is 4.79 Å². The lowest BCUT2D eigenvalue weighted by atomic mass is 9.52. The van der Waals surface area contributed by atoms with Crippen LogP contribution in [-0.2, 0) is 21.4 Å². The number of ether oxygens (including phenoxy) is 1. The monoisotopic (exact) mass is 399 g/mol. The highest BCUT2D eigenvalue weighted by molar-refractivity contribution is 5.87. The number of esters is 1. The summed E-state index contributed by atoms with van der Waals surface area (Å²) in [6.45, 7) is 4.34. The predicted octanol–water partition coefficient (Wildman–Crippen LogP) is 2.13. The Labute approximate surface area is 173 Å². The molecule has 1 saturated heterocycles. The van der Waals surface area contributed by atoms with Gasteiger partial charge in [0, 0.05) is 11.5 Å². The van der Waals surface area contributed by atoms with Crippen LogP contribution in [0.1, 0.15) is 57.1 Å². The zero-order valence-corrected chi connectivity index (χ0v) is 17.7. The number of likely N-dealkylation sites (tertiary alicyclic amines) is 1. The molecule has 3 aliphatic rings. The molecule has 0 unspecified atom stereocenters. The minimum atomic E-state index is -0.738. The van der Waals surface area contributed by atoms with Crippen molar-refractivity contribution in [2.45, 2.75) is 75.9 Å². The summed E-state index contributed by atoms with van der Waals surface area (Å²) in [5, 5.41) is 2.60. The molecule has 6 nitrogen and oxygen atoms in total. The fraction of sp³-hybridized carbons (Fsp3) is 0.652. The molecule has 1 aromatic carbocycles. The smallest absolute Gasteiger partial charge is 0.333 e. The highest BCUT2D eigenvalue weighted by Crippen LogP contribution is 2.55. The van der Waals surface area contributed by atoms with Crippen LogP contribution >= 0.6 is 0 Å². The molecule has 5 atom stereocenters. The van der Waals surface area contributed by atoms with Crippen LogP contribution < -0.4 is 15.8 Å². The van der Waals surface area contributed by atoms with Crippen molar-refractivity contribution >= 4 is 11.9 Å². The van der Waals surface area contributed by atoms with Crippen LogP contribution in [0.4, 0.5) is 0 Å². The second kappa shape index (κ2) is 7.73. The maximum atomic E-state index is 12.5. The van der Waals surface area contributed by atoms with Crippen LogP contribution in [0.5, 0.6) is 5.75 Å². The van der Waals surface area contributed by atoms with Crippen LogP contribution in [0.25, 0.3) is 0 Å². The van der Waals surface area contributed by atoms with Gasteiger partial charge in [0.15, 0.2) is 0 Å². The number of hydrogen-bond acceptors (Lipinski definition) is 5. The van der Waals surface area contributed by atoms with Gasteiger partial charge in [-0.1, -0.05) is 18.9 Å². The lowest BCUT2D eigenvalue weighted by molar-refractivity contribution is -0.139. The summed E-state index contributed by atoms with van der Waals surface area (Å²) in [7, 11) is 2.27. The minimum Gasteiger partial charge on any atom is -0.425 e. The molecule has 2 bridgehead atoms. The van der Waals surface area contributed by atoms with Gasteiger partial charge in [0.1, 0.15) is 11.8 Å². The van der Waals surface area contributed by atoms with Gasteiger partial charge in [0.25, 0.3) is 0 Å². The number of fused-ring (bicyclic) bond motifs is 1. The Morgan fingerprint density at radius 3 is 2.83 bits per heavy atom. The van der Waals surface area contributed by atoms with Crippen molar-refractivity contribution in [1.29, 1.82) is 0 Å². The van der Waals surface area contributed by atoms with Crippen molar-refractivity contribution in [3.05, 3.63) is 29.3 Å². The average Bonchev–Trinajstić information content (AvgIpc) is 2.70. The van der Waals surface area contributed by atoms with E-state index in [9.17, 15) is 9.59 Å². The topological polar surface area (TPSA) is 84.7 Å². The van der Waals surface area contributed by atoms with E-state index < -0.39 is 18.1 Å². The molecule has 158 valence electrons. The molecule has 0 radical (unpaired) electrons. The highest BCUT2D eigenvalue weighted by Gasteiger charge is 2.53. The molecule has 0 spiro atoms. The number of carbonyl (C=O) groups is 2. The first-order chi connectivity index (χ1) is 13.8. The molecular weight excluding hydrogens is 366 g/mol. The molecule has 1 amide bonds. The molecule has 1 aromatic rings. The number of nitrogens with two attached hydrogens (primary N) is 1. The lowest BCUT2D eigenvalue weighted by Gasteiger charge is -2.58. The van der Waals surface area contributed by atoms with Gasteiger partial charge in [-0.2, -0.15) is 0 Å². The first-order valence-corrected chi connectivity index (χ1v) is 10.9. The Hall–Kier alpha value is -1.92. The Morgan fingerprint density at radius 2 is 2.07 bits per heavy atom. The van der Waals surface area contributed by atoms with Crippen LogP contribution in [0.3, 0.4) is 0 Å². The molecule has 29 heavy (non-hydrogen) atoms. The molecule has 4 rings (SSSR count). The zero-order chi connectivity index (χ0) is 20.8. The second-order valence-electron chi connectivity index (χ2n) is 9.27. The summed E-state index contributed by atoms with van der Waals surface area (Å²) in [6, 6.07) is 5.37. The third-order valence-electron chi connectivity index (χ3n) is 7.43. The molecule has 1 heterocycles. The Balaban J connectivity index is 1.57. The van der Waals surface area contributed by atoms with Crippen LogP contribution in [0.2, 0.25) is 0 Å². The zero-order valence-electron chi connectivity index (χ0n) is 17.7. The number of nitrogens with one attached hydrogen (secondary N) is 1. The first kappa shape index (κ1) is 20.4. The molecule has 2 aliphatic carbocycles. The third-order valence-corrected chi connectivity index (χ3v) is 7.43. The number of hydrogen-bond donors (Lipinski definition) is 2. The second-order valence-corrected chi connectivity index (χ2v) is 9.27. The lowest BCUT2D eigenvalue weighted by Crippen LogP contribution is -2.59. The predicted molar refractivity (Wildman–Crippen MR) is 112 cm³/mol. The first-order valence-electron chi connectivity index (χ1n) is 10.9. The van der Waals surface area contributed by atoms with E-state index in [1.807, 2.05) is 6.07 Å². The SMILES string of the molecule is C[C@@H](N)C(=O)N[C@H](C)C(=O)Oc1ccc2c(c1)[C@]13CCCC[C@@H]1[C@H](C2)N(C)CC3. The number of rotatable bonds is 4. The Bertz CT molecular complexity index is 809. The van der Waals surface area contributed by atoms with Gasteiger partial charge in [-0.15, -0.1) is 0 Å². The largest absolute Gasteiger partial charge is 0.425 e. The molecule has 6 heteroatoms. The quantitative estimate of drug-likeness (QED) is 0.599. The van der Waals surface area contributed by atoms with E-state index in [1.165, 1.54) is 43.2 Å². The summed E-state index contributed by atoms with van der Waals surface area (Å²) in [6.07, 6.45) is 7.36. The summed E-state index contributed by atoms with van der Waals surface area (Å²) < 4.78 is 5.65. The van der Waals surface area contributed by atoms with Gasteiger partial charge >= 0.3 is 5.97 Å². The Kier molecular flexibility index (Phi) is 5.42. The van der Waals surface area contributed by atoms with Gasteiger partial charge < -0.3 is 20.7 Å². The van der Waals surface area contributed by atoms with Crippen LogP contribution in [0, 0.1) is 5.92 Å². The number of carbonyl (C=O) groups excluding carboxylic acids is 2. The van der Waals surface area contributed by atoms with Crippen molar-refractivity contribution in [2.24, 2.45) is 11.7 Å². The average molecular weight is 400 g/mol. The number of nitrogens with zero attached hydrogens (tertiary/aromatic N) is 1. The maximum absolute atomic E-state index is 12.5. The van der Waals surface area contributed by atoms with Gasteiger partial charge in [-0.05, 0) is 82.3 Å². The van der Waals surface area contributed by atoms with Crippen LogP contribution in [0.15, 0.2) is 18.2 Å². The van der Waals surface area contributed by atoms with Gasteiger partial charge in [0.2, 0.25) is 5.91 Å². The molecule has 0 aromatic heterocycles. The fourth-order valence-corrected chi connectivity index (χ4v) is 5.85. The summed E-state index contributed by atoms with van der Waals surface area (Å²) in [5.41, 5.74) is 8.58. The molecule has 2 fully saturated rings. The van der Waals surface area contributed by atoms with Crippen LogP contribution in [-0.4, -0.2) is 48.5 Å². The van der Waals surface area contributed by atoms with E-state index >= 15 is 0 Å². The van der Waals surface area contributed by atoms with Crippen molar-refractivity contribution in [1.82, 2.24) is 10.2 Å². The number of benzene rings is 1. The van der Waals surface area contributed by atoms with Gasteiger partial charge in [-0.3, -0.25) is 4.79 Å². The highest BCUT2D eigenvalue weighted by atomic mass is 16.5. The third kappa shape index (κ3) is 3.57. The van der Waals surface area contributed by atoms with Crippen molar-refractivity contribution in [2.75, 3.05) is 13.6 Å². The fourth-order valence-electron chi connectivity index (χ4n) is 5.85. The molecule has 1 aliphatic heterocycles. The molecule has 1 saturated carbocycles. The summed E-state index contributed by atoms with van der Waals surface area (Å²) >= 11 is 0. The Morgan fingerprint density at radius 1 is 1.28 bits per heavy atom. The van der Waals surface area contributed by atoms with E-state index in [4.69, 9.17) is 10.5 Å². The summed E-state index contributed by atoms with van der Waals surface area (Å²) in [5.74, 6) is 0.444. The van der Waals surface area contributed by atoms with Gasteiger partial charge in [0.05, 0.1) is 6.04 Å². The molecular formula is C23H33N3O3. The molecule has 3 N–H and O–H groups in total. The normalized spacial score (nSPS) is 30.5. The standard InChI is InChI=1S/C23H33N3O3/c1-14(24)21(27)25-15(2)22(28)29-17-8-7-16-12-20-18-6-4-5-9-23(18,19(16)13-17)10-11-26(20)3/h7-8,13-15,18,20H,4-6,9-12,24H2,1-3H3,(H,25,27)/t14-,15-,18-,20+,23+/m1/s1. The number of likely N-dealkylation sites (N-methyl/N-ethyl adjacent to an activating group) is 1. The number of piperidine rings is 1.